The molecular formula is C17H19ClN2O3. The van der Waals surface area contributed by atoms with Gasteiger partial charge >= 0.3 is 0 Å². The molecule has 0 aliphatic carbocycles. The van der Waals surface area contributed by atoms with Crippen LogP contribution in [0.15, 0.2) is 42.5 Å². The highest BCUT2D eigenvalue weighted by Gasteiger charge is 2.06. The zero-order valence-corrected chi connectivity index (χ0v) is 13.6. The molecule has 0 saturated carbocycles. The van der Waals surface area contributed by atoms with Crippen molar-refractivity contribution in [2.45, 2.75) is 13.0 Å². The number of benzene rings is 2. The molecule has 3 N–H and O–H groups in total. The second-order valence-corrected chi connectivity index (χ2v) is 5.36. The molecule has 1 amide bonds. The van der Waals surface area contributed by atoms with E-state index >= 15 is 0 Å². The summed E-state index contributed by atoms with van der Waals surface area (Å²) in [5.41, 5.74) is 2.17. The number of rotatable bonds is 7. The molecule has 6 heteroatoms. The summed E-state index contributed by atoms with van der Waals surface area (Å²) >= 11 is 5.96. The lowest BCUT2D eigenvalue weighted by Crippen LogP contribution is -2.16. The second kappa shape index (κ2) is 8.41. The molecule has 2 aromatic carbocycles. The molecule has 0 bridgehead atoms. The van der Waals surface area contributed by atoms with Crippen molar-refractivity contribution in [2.75, 3.05) is 24.3 Å². The van der Waals surface area contributed by atoms with E-state index in [2.05, 4.69) is 10.6 Å². The number of amides is 1. The van der Waals surface area contributed by atoms with Crippen molar-refractivity contribution in [3.05, 3.63) is 53.1 Å². The molecule has 2 aromatic rings. The van der Waals surface area contributed by atoms with Gasteiger partial charge in [0.1, 0.15) is 5.75 Å². The van der Waals surface area contributed by atoms with Crippen molar-refractivity contribution in [1.82, 2.24) is 0 Å². The minimum absolute atomic E-state index is 0.0557. The van der Waals surface area contributed by atoms with E-state index in [1.165, 1.54) is 0 Å². The largest absolute Gasteiger partial charge is 0.495 e. The van der Waals surface area contributed by atoms with Crippen molar-refractivity contribution in [3.8, 4) is 5.75 Å². The molecule has 0 aromatic heterocycles. The van der Waals surface area contributed by atoms with Gasteiger partial charge in [0, 0.05) is 23.7 Å². The minimum atomic E-state index is -0.117. The van der Waals surface area contributed by atoms with Gasteiger partial charge in [0.15, 0.2) is 0 Å². The van der Waals surface area contributed by atoms with Gasteiger partial charge in [-0.15, -0.1) is 0 Å². The Morgan fingerprint density at radius 3 is 2.83 bits per heavy atom. The van der Waals surface area contributed by atoms with Crippen LogP contribution >= 0.6 is 11.6 Å². The number of carbonyl (C=O) groups excluding carboxylic acids is 1. The third-order valence-electron chi connectivity index (χ3n) is 3.22. The molecule has 0 heterocycles. The second-order valence-electron chi connectivity index (χ2n) is 4.93. The van der Waals surface area contributed by atoms with Crippen LogP contribution in [0.3, 0.4) is 0 Å². The maximum atomic E-state index is 12.0. The molecule has 0 aliphatic heterocycles. The average Bonchev–Trinajstić information content (AvgIpc) is 2.55. The first kappa shape index (κ1) is 17.1. The highest BCUT2D eigenvalue weighted by molar-refractivity contribution is 6.30. The van der Waals surface area contributed by atoms with Crippen LogP contribution in [0, 0.1) is 0 Å². The summed E-state index contributed by atoms with van der Waals surface area (Å²) in [6, 6.07) is 12.4. The molecule has 0 atom stereocenters. The molecule has 5 nitrogen and oxygen atoms in total. The topological polar surface area (TPSA) is 70.6 Å². The normalized spacial score (nSPS) is 10.2. The Bertz CT molecular complexity index is 677. The first-order valence-electron chi connectivity index (χ1n) is 7.19. The molecule has 0 radical (unpaired) electrons. The fourth-order valence-corrected chi connectivity index (χ4v) is 2.27. The number of hydrogen-bond acceptors (Lipinski definition) is 4. The maximum Gasteiger partial charge on any atom is 0.226 e. The number of nitrogens with one attached hydrogen (secondary N) is 2. The number of carbonyl (C=O) groups is 1. The summed E-state index contributed by atoms with van der Waals surface area (Å²) in [5.74, 6) is 0.555. The van der Waals surface area contributed by atoms with Gasteiger partial charge in [-0.05, 0) is 35.9 Å². The van der Waals surface area contributed by atoms with Crippen LogP contribution in [-0.4, -0.2) is 24.7 Å². The molecule has 0 unspecified atom stereocenters. The fraction of sp³-hybridized carbons (Fsp3) is 0.235. The van der Waals surface area contributed by atoms with E-state index in [1.807, 2.05) is 0 Å². The lowest BCUT2D eigenvalue weighted by Gasteiger charge is -2.11. The monoisotopic (exact) mass is 334 g/mol. The molecule has 0 saturated heterocycles. The predicted octanol–water partition coefficient (Wildman–Crippen LogP) is 3.28. The average molecular weight is 335 g/mol. The first-order chi connectivity index (χ1) is 11.1. The van der Waals surface area contributed by atoms with E-state index < -0.39 is 0 Å². The van der Waals surface area contributed by atoms with Crippen molar-refractivity contribution in [2.24, 2.45) is 0 Å². The summed E-state index contributed by atoms with van der Waals surface area (Å²) in [6.45, 7) is 0.391. The lowest BCUT2D eigenvalue weighted by molar-refractivity contribution is -0.115. The Morgan fingerprint density at radius 1 is 1.26 bits per heavy atom. The van der Waals surface area contributed by atoms with Crippen LogP contribution in [0.25, 0.3) is 0 Å². The SMILES string of the molecule is COc1ccc(Cl)cc1NCCC(=O)Nc1cccc(CO)c1. The Hall–Kier alpha value is -2.24. The fourth-order valence-electron chi connectivity index (χ4n) is 2.10. The van der Waals surface area contributed by atoms with Crippen molar-refractivity contribution >= 4 is 28.9 Å². The highest BCUT2D eigenvalue weighted by Crippen LogP contribution is 2.27. The van der Waals surface area contributed by atoms with E-state index in [4.69, 9.17) is 21.4 Å². The highest BCUT2D eigenvalue weighted by atomic mass is 35.5. The number of ether oxygens (including phenoxy) is 1. The molecule has 0 fully saturated rings. The number of halogens is 1. The van der Waals surface area contributed by atoms with Crippen LogP contribution < -0.4 is 15.4 Å². The van der Waals surface area contributed by atoms with Gasteiger partial charge in [0.25, 0.3) is 0 Å². The number of anilines is 2. The summed E-state index contributed by atoms with van der Waals surface area (Å²) in [7, 11) is 1.58. The molecular weight excluding hydrogens is 316 g/mol. The first-order valence-corrected chi connectivity index (χ1v) is 7.57. The summed E-state index contributed by atoms with van der Waals surface area (Å²) < 4.78 is 5.23. The minimum Gasteiger partial charge on any atom is -0.495 e. The molecule has 23 heavy (non-hydrogen) atoms. The van der Waals surface area contributed by atoms with Gasteiger partial charge < -0.3 is 20.5 Å². The summed E-state index contributed by atoms with van der Waals surface area (Å²) in [5, 5.41) is 15.6. The molecule has 0 aliphatic rings. The van der Waals surface area contributed by atoms with Crippen LogP contribution in [0.4, 0.5) is 11.4 Å². The lowest BCUT2D eigenvalue weighted by atomic mass is 10.2. The third-order valence-corrected chi connectivity index (χ3v) is 3.46. The Balaban J connectivity index is 1.86. The predicted molar refractivity (Wildman–Crippen MR) is 92.1 cm³/mol. The Kier molecular flexibility index (Phi) is 6.26. The molecule has 122 valence electrons. The molecule has 2 rings (SSSR count). The number of aliphatic hydroxyl groups excluding tert-OH is 1. The quantitative estimate of drug-likeness (QED) is 0.726. The van der Waals surface area contributed by atoms with Gasteiger partial charge in [0.05, 0.1) is 19.4 Å². The maximum absolute atomic E-state index is 12.0. The van der Waals surface area contributed by atoms with Gasteiger partial charge in [-0.1, -0.05) is 23.7 Å². The van der Waals surface area contributed by atoms with E-state index in [0.29, 0.717) is 29.4 Å². The Labute approximate surface area is 140 Å². The van der Waals surface area contributed by atoms with Gasteiger partial charge in [0.2, 0.25) is 5.91 Å². The van der Waals surface area contributed by atoms with Crippen LogP contribution in [-0.2, 0) is 11.4 Å². The molecule has 0 spiro atoms. The van der Waals surface area contributed by atoms with Gasteiger partial charge in [-0.25, -0.2) is 0 Å². The standard InChI is InChI=1S/C17H19ClN2O3/c1-23-16-6-5-13(18)10-15(16)19-8-7-17(22)20-14-4-2-3-12(9-14)11-21/h2-6,9-10,19,21H,7-8,11H2,1H3,(H,20,22). The number of methoxy groups -OCH3 is 1. The van der Waals surface area contributed by atoms with Crippen molar-refractivity contribution < 1.29 is 14.6 Å². The van der Waals surface area contributed by atoms with Crippen molar-refractivity contribution in [1.29, 1.82) is 0 Å². The van der Waals surface area contributed by atoms with E-state index in [0.717, 1.165) is 11.3 Å². The number of aliphatic hydroxyl groups is 1. The van der Waals surface area contributed by atoms with Crippen LogP contribution in [0.2, 0.25) is 5.02 Å². The van der Waals surface area contributed by atoms with Crippen molar-refractivity contribution in [3.63, 3.8) is 0 Å². The third kappa shape index (κ3) is 5.16. The van der Waals surface area contributed by atoms with Gasteiger partial charge in [-0.3, -0.25) is 4.79 Å². The van der Waals surface area contributed by atoms with E-state index in [9.17, 15) is 4.79 Å². The Morgan fingerprint density at radius 2 is 2.09 bits per heavy atom. The smallest absolute Gasteiger partial charge is 0.226 e. The summed E-state index contributed by atoms with van der Waals surface area (Å²) in [6.07, 6.45) is 0.291. The van der Waals surface area contributed by atoms with Crippen LogP contribution in [0.5, 0.6) is 5.75 Å². The zero-order chi connectivity index (χ0) is 16.7. The zero-order valence-electron chi connectivity index (χ0n) is 12.8. The van der Waals surface area contributed by atoms with Crippen LogP contribution in [0.1, 0.15) is 12.0 Å². The van der Waals surface area contributed by atoms with E-state index in [1.54, 1.807) is 49.6 Å². The summed E-state index contributed by atoms with van der Waals surface area (Å²) in [4.78, 5) is 12.0. The number of hydrogen-bond donors (Lipinski definition) is 3. The van der Waals surface area contributed by atoms with Gasteiger partial charge in [-0.2, -0.15) is 0 Å². The van der Waals surface area contributed by atoms with E-state index in [-0.39, 0.29) is 12.5 Å².